The lowest BCUT2D eigenvalue weighted by atomic mass is 10.2. The highest BCUT2D eigenvalue weighted by atomic mass is 32.1. The van der Waals surface area contributed by atoms with Crippen LogP contribution in [0.2, 0.25) is 0 Å². The Hall–Kier alpha value is -3.26. The number of aromatic nitrogens is 1. The van der Waals surface area contributed by atoms with Gasteiger partial charge in [0.15, 0.2) is 5.75 Å². The van der Waals surface area contributed by atoms with Crippen molar-refractivity contribution in [3.05, 3.63) is 80.8 Å². The third-order valence-corrected chi connectivity index (χ3v) is 4.27. The molecule has 0 aliphatic rings. The van der Waals surface area contributed by atoms with Gasteiger partial charge in [0, 0.05) is 17.0 Å². The number of aryl methyl sites for hydroxylation is 1. The maximum atomic E-state index is 11.3. The van der Waals surface area contributed by atoms with Crippen molar-refractivity contribution in [2.45, 2.75) is 13.5 Å². The van der Waals surface area contributed by atoms with E-state index in [0.717, 1.165) is 11.3 Å². The van der Waals surface area contributed by atoms with E-state index in [4.69, 9.17) is 4.74 Å². The van der Waals surface area contributed by atoms with Crippen molar-refractivity contribution in [3.8, 4) is 5.75 Å². The Kier molecular flexibility index (Phi) is 5.55. The molecule has 0 saturated heterocycles. The van der Waals surface area contributed by atoms with E-state index in [1.807, 2.05) is 42.6 Å². The molecule has 1 aromatic heterocycles. The van der Waals surface area contributed by atoms with Crippen molar-refractivity contribution in [3.63, 3.8) is 0 Å². The zero-order chi connectivity index (χ0) is 18.4. The van der Waals surface area contributed by atoms with E-state index in [-0.39, 0.29) is 18.0 Å². The Morgan fingerprint density at radius 2 is 2.12 bits per heavy atom. The first-order chi connectivity index (χ1) is 12.6. The van der Waals surface area contributed by atoms with Gasteiger partial charge in [-0.15, -0.1) is 11.3 Å². The van der Waals surface area contributed by atoms with Crippen LogP contribution in [0.15, 0.2) is 59.0 Å². The van der Waals surface area contributed by atoms with Crippen LogP contribution >= 0.6 is 11.3 Å². The summed E-state index contributed by atoms with van der Waals surface area (Å²) >= 11 is 1.44. The summed E-state index contributed by atoms with van der Waals surface area (Å²) in [5, 5.41) is 18.0. The second-order valence-corrected chi connectivity index (χ2v) is 6.28. The molecule has 3 rings (SSSR count). The molecule has 7 nitrogen and oxygen atoms in total. The van der Waals surface area contributed by atoms with Crippen LogP contribution in [0.1, 0.15) is 16.8 Å². The molecular weight excluding hydrogens is 352 g/mol. The van der Waals surface area contributed by atoms with Crippen molar-refractivity contribution in [1.29, 1.82) is 0 Å². The van der Waals surface area contributed by atoms with Crippen molar-refractivity contribution >= 4 is 28.4 Å². The third-order valence-electron chi connectivity index (χ3n) is 3.41. The maximum absolute atomic E-state index is 11.3. The lowest BCUT2D eigenvalue weighted by Crippen LogP contribution is -2.00. The number of ether oxygens (including phenoxy) is 1. The number of thiazole rings is 1. The average molecular weight is 368 g/mol. The van der Waals surface area contributed by atoms with E-state index in [1.54, 1.807) is 12.1 Å². The summed E-state index contributed by atoms with van der Waals surface area (Å²) in [4.78, 5) is 15.1. The summed E-state index contributed by atoms with van der Waals surface area (Å²) in [7, 11) is 0. The van der Waals surface area contributed by atoms with Gasteiger partial charge in [0.25, 0.3) is 0 Å². The molecule has 0 bridgehead atoms. The molecule has 0 spiro atoms. The Labute approximate surface area is 154 Å². The molecule has 26 heavy (non-hydrogen) atoms. The number of nitrogens with one attached hydrogen (secondary N) is 1. The van der Waals surface area contributed by atoms with Crippen molar-refractivity contribution in [2.24, 2.45) is 5.10 Å². The van der Waals surface area contributed by atoms with Gasteiger partial charge in [0.1, 0.15) is 6.61 Å². The highest BCUT2D eigenvalue weighted by molar-refractivity contribution is 7.13. The predicted octanol–water partition coefficient (Wildman–Crippen LogP) is 4.38. The Bertz CT molecular complexity index is 925. The molecule has 0 unspecified atom stereocenters. The molecule has 1 heterocycles. The highest BCUT2D eigenvalue weighted by Gasteiger charge is 2.15. The van der Waals surface area contributed by atoms with Crippen LogP contribution in [0.4, 0.5) is 10.8 Å². The number of hydrazone groups is 1. The molecule has 8 heteroatoms. The number of nitro benzene ring substituents is 1. The van der Waals surface area contributed by atoms with E-state index < -0.39 is 4.92 Å². The number of anilines is 1. The van der Waals surface area contributed by atoms with Crippen LogP contribution in [0.3, 0.4) is 0 Å². The monoisotopic (exact) mass is 368 g/mol. The number of nitro groups is 1. The number of benzene rings is 2. The minimum atomic E-state index is -0.463. The van der Waals surface area contributed by atoms with E-state index >= 15 is 0 Å². The van der Waals surface area contributed by atoms with Gasteiger partial charge in [-0.2, -0.15) is 5.10 Å². The molecule has 0 radical (unpaired) electrons. The van der Waals surface area contributed by atoms with Gasteiger partial charge in [0.05, 0.1) is 16.8 Å². The van der Waals surface area contributed by atoms with E-state index in [1.165, 1.54) is 23.6 Å². The second kappa shape index (κ2) is 8.21. The second-order valence-electron chi connectivity index (χ2n) is 5.42. The van der Waals surface area contributed by atoms with Crippen LogP contribution < -0.4 is 10.2 Å². The highest BCUT2D eigenvalue weighted by Crippen LogP contribution is 2.28. The molecule has 1 N–H and O–H groups in total. The normalized spacial score (nSPS) is 10.8. The summed E-state index contributed by atoms with van der Waals surface area (Å²) in [6.45, 7) is 2.16. The van der Waals surface area contributed by atoms with E-state index in [2.05, 4.69) is 15.5 Å². The summed E-state index contributed by atoms with van der Waals surface area (Å²) in [5.74, 6) is 0.222. The largest absolute Gasteiger partial charge is 0.482 e. The molecule has 0 amide bonds. The first-order valence-electron chi connectivity index (χ1n) is 7.78. The Balaban J connectivity index is 1.70. The van der Waals surface area contributed by atoms with Crippen molar-refractivity contribution in [2.75, 3.05) is 5.43 Å². The molecule has 3 aromatic rings. The fourth-order valence-electron chi connectivity index (χ4n) is 2.18. The molecule has 0 saturated carbocycles. The zero-order valence-corrected chi connectivity index (χ0v) is 14.8. The van der Waals surface area contributed by atoms with Crippen LogP contribution in [0, 0.1) is 17.0 Å². The minimum Gasteiger partial charge on any atom is -0.482 e. The van der Waals surface area contributed by atoms with Gasteiger partial charge in [-0.05, 0) is 24.6 Å². The smallest absolute Gasteiger partial charge is 0.311 e. The standard InChI is InChI=1S/C18H16N4O3S/c1-13-12-26-18(20-13)21-19-10-15-7-8-17(16(9-15)22(23)24)25-11-14-5-3-2-4-6-14/h2-10,12H,11H2,1H3,(H,20,21). The van der Waals surface area contributed by atoms with Crippen molar-refractivity contribution < 1.29 is 9.66 Å². The fourth-order valence-corrected chi connectivity index (χ4v) is 2.82. The fraction of sp³-hybridized carbons (Fsp3) is 0.111. The number of nitrogens with zero attached hydrogens (tertiary/aromatic N) is 3. The lowest BCUT2D eigenvalue weighted by Gasteiger charge is -2.07. The summed E-state index contributed by atoms with van der Waals surface area (Å²) in [6, 6.07) is 14.2. The third kappa shape index (κ3) is 4.64. The summed E-state index contributed by atoms with van der Waals surface area (Å²) < 4.78 is 5.61. The first-order valence-corrected chi connectivity index (χ1v) is 8.66. The number of hydrogen-bond acceptors (Lipinski definition) is 7. The minimum absolute atomic E-state index is 0.102. The van der Waals surface area contributed by atoms with Gasteiger partial charge in [0.2, 0.25) is 5.13 Å². The van der Waals surface area contributed by atoms with E-state index in [9.17, 15) is 10.1 Å². The number of rotatable bonds is 7. The molecule has 0 fully saturated rings. The van der Waals surface area contributed by atoms with Crippen LogP contribution in [-0.2, 0) is 6.61 Å². The van der Waals surface area contributed by atoms with Gasteiger partial charge < -0.3 is 4.74 Å². The predicted molar refractivity (Wildman–Crippen MR) is 102 cm³/mol. The van der Waals surface area contributed by atoms with Crippen molar-refractivity contribution in [1.82, 2.24) is 4.98 Å². The molecule has 0 atom stereocenters. The Morgan fingerprint density at radius 3 is 2.81 bits per heavy atom. The number of hydrogen-bond donors (Lipinski definition) is 1. The molecular formula is C18H16N4O3S. The van der Waals surface area contributed by atoms with Gasteiger partial charge in [-0.3, -0.25) is 15.5 Å². The van der Waals surface area contributed by atoms with Crippen LogP contribution in [0.25, 0.3) is 0 Å². The topological polar surface area (TPSA) is 89.7 Å². The van der Waals surface area contributed by atoms with Crippen LogP contribution in [0.5, 0.6) is 5.75 Å². The maximum Gasteiger partial charge on any atom is 0.311 e. The summed E-state index contributed by atoms with van der Waals surface area (Å²) in [6.07, 6.45) is 1.50. The first kappa shape index (κ1) is 17.6. The van der Waals surface area contributed by atoms with Gasteiger partial charge in [-0.1, -0.05) is 30.3 Å². The summed E-state index contributed by atoms with van der Waals surface area (Å²) in [5.41, 5.74) is 5.13. The van der Waals surface area contributed by atoms with Gasteiger partial charge in [-0.25, -0.2) is 4.98 Å². The quantitative estimate of drug-likeness (QED) is 0.380. The molecule has 2 aromatic carbocycles. The lowest BCUT2D eigenvalue weighted by molar-refractivity contribution is -0.385. The molecule has 0 aliphatic heterocycles. The zero-order valence-electron chi connectivity index (χ0n) is 14.0. The molecule has 132 valence electrons. The Morgan fingerprint density at radius 1 is 1.31 bits per heavy atom. The van der Waals surface area contributed by atoms with Gasteiger partial charge >= 0.3 is 5.69 Å². The SMILES string of the molecule is Cc1csc(NN=Cc2ccc(OCc3ccccc3)c([N+](=O)[O-])c2)n1. The average Bonchev–Trinajstić information content (AvgIpc) is 3.06. The van der Waals surface area contributed by atoms with E-state index in [0.29, 0.717) is 10.7 Å². The van der Waals surface area contributed by atoms with Crippen LogP contribution in [-0.4, -0.2) is 16.1 Å². The molecule has 0 aliphatic carbocycles.